The van der Waals surface area contributed by atoms with Gasteiger partial charge in [-0.1, -0.05) is 0 Å². The van der Waals surface area contributed by atoms with Crippen LogP contribution in [0.5, 0.6) is 0 Å². The highest BCUT2D eigenvalue weighted by Crippen LogP contribution is 2.09. The zero-order valence-corrected chi connectivity index (χ0v) is 18.2. The summed E-state index contributed by atoms with van der Waals surface area (Å²) >= 11 is 0. The third-order valence-electron chi connectivity index (χ3n) is 4.35. The van der Waals surface area contributed by atoms with Gasteiger partial charge in [-0.3, -0.25) is 4.99 Å². The molecule has 2 rings (SSSR count). The van der Waals surface area contributed by atoms with Crippen molar-refractivity contribution in [3.63, 3.8) is 0 Å². The van der Waals surface area contributed by atoms with Crippen LogP contribution in [0.2, 0.25) is 0 Å². The number of rotatable bonds is 10. The minimum absolute atomic E-state index is 0. The number of halogens is 1. The molecule has 0 amide bonds. The Labute approximate surface area is 173 Å². The van der Waals surface area contributed by atoms with E-state index >= 15 is 0 Å². The average Bonchev–Trinajstić information content (AvgIpc) is 3.14. The Morgan fingerprint density at radius 1 is 1.27 bits per heavy atom. The molecule has 1 aliphatic rings. The highest BCUT2D eigenvalue weighted by Gasteiger charge is 2.19. The second-order valence-electron chi connectivity index (χ2n) is 6.23. The van der Waals surface area contributed by atoms with E-state index in [1.807, 2.05) is 12.1 Å². The van der Waals surface area contributed by atoms with Crippen molar-refractivity contribution >= 4 is 29.9 Å². The van der Waals surface area contributed by atoms with E-state index in [2.05, 4.69) is 20.5 Å². The Bertz CT molecular complexity index is 477. The van der Waals surface area contributed by atoms with Gasteiger partial charge in [0.2, 0.25) is 0 Å². The number of hydrogen-bond donors (Lipinski definition) is 2. The molecule has 0 unspecified atom stereocenters. The summed E-state index contributed by atoms with van der Waals surface area (Å²) in [5.41, 5.74) is 0. The normalized spacial score (nSPS) is 16.3. The quantitative estimate of drug-likeness (QED) is 0.230. The lowest BCUT2D eigenvalue weighted by Gasteiger charge is -2.32. The molecule has 1 aromatic rings. The van der Waals surface area contributed by atoms with Gasteiger partial charge in [-0.2, -0.15) is 0 Å². The SMILES string of the molecule is COCCN=C(NCCc1ccco1)NC1CCN(CCOC)CC1.I. The van der Waals surface area contributed by atoms with Crippen LogP contribution in [0, 0.1) is 0 Å². The molecule has 0 saturated carbocycles. The van der Waals surface area contributed by atoms with Gasteiger partial charge >= 0.3 is 0 Å². The summed E-state index contributed by atoms with van der Waals surface area (Å²) in [5.74, 6) is 1.84. The number of aliphatic imine (C=N–C) groups is 1. The van der Waals surface area contributed by atoms with Gasteiger partial charge in [-0.05, 0) is 25.0 Å². The maximum Gasteiger partial charge on any atom is 0.191 e. The number of hydrogen-bond acceptors (Lipinski definition) is 5. The molecule has 0 aromatic carbocycles. The van der Waals surface area contributed by atoms with Crippen molar-refractivity contribution in [1.82, 2.24) is 15.5 Å². The first-order valence-corrected chi connectivity index (χ1v) is 9.09. The van der Waals surface area contributed by atoms with Crippen molar-refractivity contribution in [2.75, 3.05) is 60.2 Å². The summed E-state index contributed by atoms with van der Waals surface area (Å²) in [6, 6.07) is 4.36. The van der Waals surface area contributed by atoms with Gasteiger partial charge in [0.1, 0.15) is 5.76 Å². The molecule has 7 nitrogen and oxygen atoms in total. The van der Waals surface area contributed by atoms with Crippen molar-refractivity contribution in [3.05, 3.63) is 24.2 Å². The summed E-state index contributed by atoms with van der Waals surface area (Å²) in [5, 5.41) is 6.97. The molecule has 2 N–H and O–H groups in total. The van der Waals surface area contributed by atoms with E-state index in [0.29, 0.717) is 19.2 Å². The lowest BCUT2D eigenvalue weighted by molar-refractivity contribution is 0.128. The van der Waals surface area contributed by atoms with Crippen LogP contribution in [-0.4, -0.2) is 77.1 Å². The number of methoxy groups -OCH3 is 2. The van der Waals surface area contributed by atoms with E-state index in [9.17, 15) is 0 Å². The van der Waals surface area contributed by atoms with Gasteiger partial charge in [0.05, 0.1) is 26.0 Å². The Morgan fingerprint density at radius 2 is 2.04 bits per heavy atom. The molecule has 8 heteroatoms. The fourth-order valence-electron chi connectivity index (χ4n) is 2.87. The van der Waals surface area contributed by atoms with Crippen molar-refractivity contribution in [1.29, 1.82) is 0 Å². The van der Waals surface area contributed by atoms with Crippen molar-refractivity contribution in [3.8, 4) is 0 Å². The van der Waals surface area contributed by atoms with E-state index in [1.54, 1.807) is 20.5 Å². The van der Waals surface area contributed by atoms with Gasteiger partial charge in [0.15, 0.2) is 5.96 Å². The van der Waals surface area contributed by atoms with Crippen molar-refractivity contribution < 1.29 is 13.9 Å². The molecule has 0 spiro atoms. The zero-order chi connectivity index (χ0) is 17.7. The molecule has 0 radical (unpaired) electrons. The first-order chi connectivity index (χ1) is 12.3. The molecule has 0 aliphatic carbocycles. The number of nitrogens with zero attached hydrogens (tertiary/aromatic N) is 2. The Balaban J connectivity index is 0.00000338. The molecule has 150 valence electrons. The fourth-order valence-corrected chi connectivity index (χ4v) is 2.87. The summed E-state index contributed by atoms with van der Waals surface area (Å²) in [6.45, 7) is 6.08. The van der Waals surface area contributed by atoms with Crippen molar-refractivity contribution in [2.24, 2.45) is 4.99 Å². The average molecular weight is 480 g/mol. The molecule has 1 fully saturated rings. The predicted octanol–water partition coefficient (Wildman–Crippen LogP) is 1.73. The molecule has 1 aliphatic heterocycles. The molecule has 2 heterocycles. The van der Waals surface area contributed by atoms with Crippen LogP contribution in [0.25, 0.3) is 0 Å². The van der Waals surface area contributed by atoms with Gasteiger partial charge in [-0.15, -0.1) is 24.0 Å². The molecule has 1 saturated heterocycles. The fraction of sp³-hybridized carbons (Fsp3) is 0.722. The Hall–Kier alpha value is -0.840. The van der Waals surface area contributed by atoms with E-state index in [0.717, 1.165) is 63.8 Å². The lowest BCUT2D eigenvalue weighted by Crippen LogP contribution is -2.49. The van der Waals surface area contributed by atoms with E-state index in [4.69, 9.17) is 13.9 Å². The van der Waals surface area contributed by atoms with E-state index in [1.165, 1.54) is 0 Å². The van der Waals surface area contributed by atoms with Crippen molar-refractivity contribution in [2.45, 2.75) is 25.3 Å². The van der Waals surface area contributed by atoms with E-state index in [-0.39, 0.29) is 24.0 Å². The van der Waals surface area contributed by atoms with Gasteiger partial charge < -0.3 is 29.4 Å². The topological polar surface area (TPSA) is 71.3 Å². The number of nitrogens with one attached hydrogen (secondary N) is 2. The molecule has 1 aromatic heterocycles. The van der Waals surface area contributed by atoms with Crippen LogP contribution < -0.4 is 10.6 Å². The third-order valence-corrected chi connectivity index (χ3v) is 4.35. The number of ether oxygens (including phenoxy) is 2. The summed E-state index contributed by atoms with van der Waals surface area (Å²) in [6.07, 6.45) is 4.78. The van der Waals surface area contributed by atoms with Gasteiger partial charge in [0, 0.05) is 52.9 Å². The standard InChI is InChI=1S/C18H32N4O3.HI/c1-23-14-9-20-18(19-8-5-17-4-3-13-25-17)21-16-6-10-22(11-7-16)12-15-24-2;/h3-4,13,16H,5-12,14-15H2,1-2H3,(H2,19,20,21);1H. The van der Waals surface area contributed by atoms with Crippen LogP contribution in [0.3, 0.4) is 0 Å². The maximum absolute atomic E-state index is 5.37. The number of piperidine rings is 1. The summed E-state index contributed by atoms with van der Waals surface area (Å²) in [4.78, 5) is 7.05. The molecular weight excluding hydrogens is 447 g/mol. The second-order valence-corrected chi connectivity index (χ2v) is 6.23. The molecule has 0 bridgehead atoms. The molecule has 26 heavy (non-hydrogen) atoms. The molecular formula is C18H33IN4O3. The number of likely N-dealkylation sites (tertiary alicyclic amines) is 1. The van der Waals surface area contributed by atoms with Gasteiger partial charge in [0.25, 0.3) is 0 Å². The first-order valence-electron chi connectivity index (χ1n) is 9.09. The highest BCUT2D eigenvalue weighted by molar-refractivity contribution is 14.0. The largest absolute Gasteiger partial charge is 0.469 e. The van der Waals surface area contributed by atoms with Crippen LogP contribution in [0.4, 0.5) is 0 Å². The molecule has 0 atom stereocenters. The lowest BCUT2D eigenvalue weighted by atomic mass is 10.1. The van der Waals surface area contributed by atoms with Crippen LogP contribution in [0.15, 0.2) is 27.8 Å². The van der Waals surface area contributed by atoms with E-state index < -0.39 is 0 Å². The monoisotopic (exact) mass is 480 g/mol. The zero-order valence-electron chi connectivity index (χ0n) is 15.9. The van der Waals surface area contributed by atoms with Crippen LogP contribution >= 0.6 is 24.0 Å². The smallest absolute Gasteiger partial charge is 0.191 e. The first kappa shape index (κ1) is 23.2. The van der Waals surface area contributed by atoms with Crippen LogP contribution in [0.1, 0.15) is 18.6 Å². The van der Waals surface area contributed by atoms with Gasteiger partial charge in [-0.25, -0.2) is 0 Å². The second kappa shape index (κ2) is 14.2. The Kier molecular flexibility index (Phi) is 12.7. The number of guanidine groups is 1. The Morgan fingerprint density at radius 3 is 2.69 bits per heavy atom. The summed E-state index contributed by atoms with van der Waals surface area (Å²) < 4.78 is 15.6. The minimum Gasteiger partial charge on any atom is -0.469 e. The van der Waals surface area contributed by atoms with Crippen LogP contribution in [-0.2, 0) is 15.9 Å². The highest BCUT2D eigenvalue weighted by atomic mass is 127. The summed E-state index contributed by atoms with van der Waals surface area (Å²) in [7, 11) is 3.45. The number of furan rings is 1. The predicted molar refractivity (Wildman–Crippen MR) is 114 cm³/mol. The maximum atomic E-state index is 5.37. The minimum atomic E-state index is 0. The third kappa shape index (κ3) is 9.20.